The molecule has 1 aromatic rings. The van der Waals surface area contributed by atoms with Crippen LogP contribution in [-0.2, 0) is 4.79 Å². The maximum atomic E-state index is 11.3. The third kappa shape index (κ3) is 4.31. The number of amides is 1. The third-order valence-corrected chi connectivity index (χ3v) is 1.96. The summed E-state index contributed by atoms with van der Waals surface area (Å²) in [5, 5.41) is 11.9. The first-order valence-corrected chi connectivity index (χ1v) is 5.18. The van der Waals surface area contributed by atoms with Gasteiger partial charge in [-0.3, -0.25) is 4.79 Å². The molecule has 4 heteroatoms. The molecule has 0 aliphatic carbocycles. The Hall–Kier alpha value is -1.55. The van der Waals surface area contributed by atoms with Crippen molar-refractivity contribution in [1.29, 1.82) is 0 Å². The quantitative estimate of drug-likeness (QED) is 0.731. The summed E-state index contributed by atoms with van der Waals surface area (Å²) < 4.78 is 5.37. The monoisotopic (exact) mass is 223 g/mol. The first-order valence-electron chi connectivity index (χ1n) is 5.18. The summed E-state index contributed by atoms with van der Waals surface area (Å²) in [4.78, 5) is 11.3. The van der Waals surface area contributed by atoms with Gasteiger partial charge in [-0.1, -0.05) is 18.2 Å². The highest BCUT2D eigenvalue weighted by Crippen LogP contribution is 2.07. The van der Waals surface area contributed by atoms with E-state index in [1.807, 2.05) is 30.3 Å². The van der Waals surface area contributed by atoms with Crippen LogP contribution in [0.2, 0.25) is 0 Å². The van der Waals surface area contributed by atoms with Crippen LogP contribution in [0.25, 0.3) is 0 Å². The highest BCUT2D eigenvalue weighted by molar-refractivity contribution is 5.83. The summed E-state index contributed by atoms with van der Waals surface area (Å²) >= 11 is 0. The van der Waals surface area contributed by atoms with Crippen molar-refractivity contribution in [2.45, 2.75) is 19.4 Å². The number of hydrogen-bond donors (Lipinski definition) is 2. The molecule has 0 atom stereocenters. The number of carbonyl (C=O) groups is 1. The van der Waals surface area contributed by atoms with Crippen LogP contribution in [0.5, 0.6) is 5.75 Å². The van der Waals surface area contributed by atoms with Crippen LogP contribution in [0, 0.1) is 0 Å². The Labute approximate surface area is 95.2 Å². The lowest BCUT2D eigenvalue weighted by atomic mass is 10.1. The fourth-order valence-corrected chi connectivity index (χ4v) is 1.07. The smallest absolute Gasteiger partial charge is 0.251 e. The van der Waals surface area contributed by atoms with Crippen LogP contribution >= 0.6 is 0 Å². The Morgan fingerprint density at radius 2 is 2.00 bits per heavy atom. The maximum Gasteiger partial charge on any atom is 0.251 e. The molecular weight excluding hydrogens is 206 g/mol. The molecule has 0 spiro atoms. The normalized spacial score (nSPS) is 10.9. The fourth-order valence-electron chi connectivity index (χ4n) is 1.07. The van der Waals surface area contributed by atoms with Gasteiger partial charge in [-0.2, -0.15) is 0 Å². The Balaban J connectivity index is 2.20. The Morgan fingerprint density at radius 3 is 2.56 bits per heavy atom. The van der Waals surface area contributed by atoms with Gasteiger partial charge in [0.05, 0.1) is 6.54 Å². The second-order valence-corrected chi connectivity index (χ2v) is 3.98. The molecule has 1 rings (SSSR count). The van der Waals surface area contributed by atoms with E-state index in [0.717, 1.165) is 5.75 Å². The number of hydrogen-bond acceptors (Lipinski definition) is 3. The molecule has 0 saturated heterocycles. The summed E-state index contributed by atoms with van der Waals surface area (Å²) in [7, 11) is 0. The molecule has 0 aromatic heterocycles. The van der Waals surface area contributed by atoms with Gasteiger partial charge < -0.3 is 15.2 Å². The van der Waals surface area contributed by atoms with Gasteiger partial charge in [-0.05, 0) is 26.0 Å². The minimum atomic E-state index is -1.34. The molecule has 16 heavy (non-hydrogen) atoms. The number of nitrogens with one attached hydrogen (secondary N) is 1. The third-order valence-electron chi connectivity index (χ3n) is 1.96. The van der Waals surface area contributed by atoms with Gasteiger partial charge in [0.1, 0.15) is 18.0 Å². The molecule has 88 valence electrons. The zero-order valence-electron chi connectivity index (χ0n) is 9.56. The Bertz CT molecular complexity index is 330. The maximum absolute atomic E-state index is 11.3. The van der Waals surface area contributed by atoms with Crippen LogP contribution in [0.1, 0.15) is 13.8 Å². The van der Waals surface area contributed by atoms with E-state index in [2.05, 4.69) is 5.32 Å². The molecule has 0 bridgehead atoms. The number of rotatable bonds is 5. The van der Waals surface area contributed by atoms with E-state index in [1.54, 1.807) is 0 Å². The molecule has 2 N–H and O–H groups in total. The minimum absolute atomic E-state index is 0.373. The molecule has 1 aromatic carbocycles. The van der Waals surface area contributed by atoms with Crippen LogP contribution in [0.4, 0.5) is 0 Å². The number of para-hydroxylation sites is 1. The van der Waals surface area contributed by atoms with E-state index >= 15 is 0 Å². The van der Waals surface area contributed by atoms with Crippen molar-refractivity contribution >= 4 is 5.91 Å². The van der Waals surface area contributed by atoms with Crippen LogP contribution in [0.15, 0.2) is 30.3 Å². The predicted octanol–water partition coefficient (Wildman–Crippen LogP) is 0.952. The molecule has 1 amide bonds. The van der Waals surface area contributed by atoms with Crippen LogP contribution in [0.3, 0.4) is 0 Å². The van der Waals surface area contributed by atoms with Crippen molar-refractivity contribution < 1.29 is 14.6 Å². The topological polar surface area (TPSA) is 58.6 Å². The van der Waals surface area contributed by atoms with Gasteiger partial charge in [0.25, 0.3) is 5.91 Å². The molecule has 0 aliphatic rings. The van der Waals surface area contributed by atoms with Crippen molar-refractivity contribution in [3.63, 3.8) is 0 Å². The lowest BCUT2D eigenvalue weighted by Crippen LogP contribution is -2.43. The summed E-state index contributed by atoms with van der Waals surface area (Å²) in [6, 6.07) is 9.36. The number of carbonyl (C=O) groups excluding carboxylic acids is 1. The lowest BCUT2D eigenvalue weighted by Gasteiger charge is -2.16. The summed E-state index contributed by atoms with van der Waals surface area (Å²) in [6.45, 7) is 3.64. The molecule has 0 aliphatic heterocycles. The van der Waals surface area contributed by atoms with E-state index < -0.39 is 11.5 Å². The molecule has 0 heterocycles. The fraction of sp³-hybridized carbons (Fsp3) is 0.417. The number of aliphatic hydroxyl groups is 1. The van der Waals surface area contributed by atoms with Gasteiger partial charge in [0.2, 0.25) is 0 Å². The summed E-state index contributed by atoms with van der Waals surface area (Å²) in [5.74, 6) is 0.365. The molecule has 0 fully saturated rings. The van der Waals surface area contributed by atoms with Crippen molar-refractivity contribution in [2.24, 2.45) is 0 Å². The first-order chi connectivity index (χ1) is 7.50. The molecular formula is C12H17NO3. The van der Waals surface area contributed by atoms with Gasteiger partial charge >= 0.3 is 0 Å². The van der Waals surface area contributed by atoms with Crippen molar-refractivity contribution in [2.75, 3.05) is 13.2 Å². The van der Waals surface area contributed by atoms with E-state index in [9.17, 15) is 9.90 Å². The van der Waals surface area contributed by atoms with Gasteiger partial charge in [0, 0.05) is 0 Å². The van der Waals surface area contributed by atoms with Gasteiger partial charge in [0.15, 0.2) is 0 Å². The summed E-state index contributed by atoms with van der Waals surface area (Å²) in [5.41, 5.74) is -1.34. The van der Waals surface area contributed by atoms with E-state index in [-0.39, 0.29) is 0 Å². The minimum Gasteiger partial charge on any atom is -0.492 e. The highest BCUT2D eigenvalue weighted by Gasteiger charge is 2.22. The van der Waals surface area contributed by atoms with Crippen molar-refractivity contribution in [1.82, 2.24) is 5.32 Å². The lowest BCUT2D eigenvalue weighted by molar-refractivity contribution is -0.136. The zero-order valence-corrected chi connectivity index (χ0v) is 9.56. The average Bonchev–Trinajstić information content (AvgIpc) is 2.24. The summed E-state index contributed by atoms with van der Waals surface area (Å²) in [6.07, 6.45) is 0. The zero-order chi connectivity index (χ0) is 12.0. The van der Waals surface area contributed by atoms with Crippen LogP contribution in [-0.4, -0.2) is 29.8 Å². The number of benzene rings is 1. The van der Waals surface area contributed by atoms with Gasteiger partial charge in [-0.25, -0.2) is 0 Å². The highest BCUT2D eigenvalue weighted by atomic mass is 16.5. The van der Waals surface area contributed by atoms with Crippen molar-refractivity contribution in [3.8, 4) is 5.75 Å². The first kappa shape index (κ1) is 12.5. The largest absolute Gasteiger partial charge is 0.492 e. The average molecular weight is 223 g/mol. The second kappa shape index (κ2) is 5.51. The molecule has 0 radical (unpaired) electrons. The van der Waals surface area contributed by atoms with E-state index in [0.29, 0.717) is 13.2 Å². The standard InChI is InChI=1S/C12H17NO3/c1-12(2,15)11(14)13-8-9-16-10-6-4-3-5-7-10/h3-7,15H,8-9H2,1-2H3,(H,13,14). The Morgan fingerprint density at radius 1 is 1.38 bits per heavy atom. The second-order valence-electron chi connectivity index (χ2n) is 3.98. The van der Waals surface area contributed by atoms with E-state index in [1.165, 1.54) is 13.8 Å². The van der Waals surface area contributed by atoms with Crippen LogP contribution < -0.4 is 10.1 Å². The Kier molecular flexibility index (Phi) is 4.31. The van der Waals surface area contributed by atoms with E-state index in [4.69, 9.17) is 4.74 Å². The molecule has 0 saturated carbocycles. The molecule has 4 nitrogen and oxygen atoms in total. The van der Waals surface area contributed by atoms with Crippen molar-refractivity contribution in [3.05, 3.63) is 30.3 Å². The van der Waals surface area contributed by atoms with Gasteiger partial charge in [-0.15, -0.1) is 0 Å². The SMILES string of the molecule is CC(C)(O)C(=O)NCCOc1ccccc1. The number of ether oxygens (including phenoxy) is 1. The molecule has 0 unspecified atom stereocenters. The predicted molar refractivity (Wildman–Crippen MR) is 61.2 cm³/mol.